The van der Waals surface area contributed by atoms with Crippen molar-refractivity contribution in [3.8, 4) is 22.5 Å². The lowest BCUT2D eigenvalue weighted by atomic mass is 9.91. The number of aliphatic hydroxyl groups excluding tert-OH is 1. The Morgan fingerprint density at radius 2 is 1.70 bits per heavy atom. The Balaban J connectivity index is 1.21. The van der Waals surface area contributed by atoms with E-state index in [-0.39, 0.29) is 6.61 Å². The number of hydrogen-bond acceptors (Lipinski definition) is 6. The monoisotopic (exact) mass is 502 g/mol. The molecule has 0 aliphatic carbocycles. The molecule has 5 rings (SSSR count). The van der Waals surface area contributed by atoms with Crippen LogP contribution >= 0.6 is 0 Å². The summed E-state index contributed by atoms with van der Waals surface area (Å²) in [6.07, 6.45) is 0.190. The number of H-pyrrole nitrogens is 1. The lowest BCUT2D eigenvalue weighted by Gasteiger charge is -2.37. The summed E-state index contributed by atoms with van der Waals surface area (Å²) in [5.41, 5.74) is 5.37. The first kappa shape index (κ1) is 25.4. The second-order valence-electron chi connectivity index (χ2n) is 9.75. The summed E-state index contributed by atoms with van der Waals surface area (Å²) in [7, 11) is 0. The van der Waals surface area contributed by atoms with Crippen LogP contribution in [0.15, 0.2) is 66.7 Å². The lowest BCUT2D eigenvalue weighted by molar-refractivity contribution is -0.253. The van der Waals surface area contributed by atoms with Crippen LogP contribution in [0.3, 0.4) is 0 Å². The fraction of sp³-hybridized carbons (Fsp3) is 0.379. The Bertz CT molecular complexity index is 1220. The summed E-state index contributed by atoms with van der Waals surface area (Å²) >= 11 is 0. The second kappa shape index (κ2) is 11.4. The van der Waals surface area contributed by atoms with Gasteiger partial charge in [0.25, 0.3) is 0 Å². The van der Waals surface area contributed by atoms with Gasteiger partial charge in [0.15, 0.2) is 5.82 Å². The molecule has 3 heterocycles. The molecule has 1 fully saturated rings. The number of aryl methyl sites for hydroxylation is 3. The fourth-order valence-electron chi connectivity index (χ4n) is 4.60. The van der Waals surface area contributed by atoms with Crippen LogP contribution < -0.4 is 0 Å². The van der Waals surface area contributed by atoms with Crippen LogP contribution in [-0.4, -0.2) is 57.9 Å². The predicted molar refractivity (Wildman–Crippen MR) is 141 cm³/mol. The van der Waals surface area contributed by atoms with Crippen molar-refractivity contribution < 1.29 is 19.3 Å². The third-order valence-corrected chi connectivity index (χ3v) is 6.64. The molecule has 0 amide bonds. The van der Waals surface area contributed by atoms with Gasteiger partial charge in [-0.05, 0) is 26.3 Å². The van der Waals surface area contributed by atoms with Crippen molar-refractivity contribution in [1.82, 2.24) is 19.7 Å². The van der Waals surface area contributed by atoms with E-state index in [0.717, 1.165) is 46.9 Å². The van der Waals surface area contributed by atoms with Crippen molar-refractivity contribution in [3.05, 3.63) is 83.9 Å². The highest BCUT2D eigenvalue weighted by atomic mass is 16.7. The summed E-state index contributed by atoms with van der Waals surface area (Å²) in [6, 6.07) is 22.2. The highest BCUT2D eigenvalue weighted by molar-refractivity contribution is 5.78. The van der Waals surface area contributed by atoms with Gasteiger partial charge in [0.1, 0.15) is 0 Å². The number of imidazole rings is 1. The first-order valence-corrected chi connectivity index (χ1v) is 12.7. The molecule has 0 saturated carbocycles. The van der Waals surface area contributed by atoms with Crippen molar-refractivity contribution in [2.24, 2.45) is 5.41 Å². The quantitative estimate of drug-likeness (QED) is 0.306. The van der Waals surface area contributed by atoms with Gasteiger partial charge >= 0.3 is 0 Å². The van der Waals surface area contributed by atoms with Gasteiger partial charge in [0, 0.05) is 30.0 Å². The molecule has 8 heteroatoms. The lowest BCUT2D eigenvalue weighted by Crippen LogP contribution is -2.45. The third-order valence-electron chi connectivity index (χ3n) is 6.64. The summed E-state index contributed by atoms with van der Waals surface area (Å²) in [5, 5.41) is 14.6. The summed E-state index contributed by atoms with van der Waals surface area (Å²) in [5.74, 6) is 0.607. The van der Waals surface area contributed by atoms with Gasteiger partial charge in [0.05, 0.1) is 48.9 Å². The van der Waals surface area contributed by atoms with Gasteiger partial charge in [-0.3, -0.25) is 4.68 Å². The zero-order valence-corrected chi connectivity index (χ0v) is 21.4. The van der Waals surface area contributed by atoms with Gasteiger partial charge < -0.3 is 24.3 Å². The van der Waals surface area contributed by atoms with Crippen molar-refractivity contribution in [2.45, 2.75) is 33.1 Å². The number of nitrogens with zero attached hydrogens (tertiary/aromatic N) is 3. The topological polar surface area (TPSA) is 94.4 Å². The summed E-state index contributed by atoms with van der Waals surface area (Å²) in [4.78, 5) is 8.30. The van der Waals surface area contributed by atoms with Crippen LogP contribution in [-0.2, 0) is 20.8 Å². The fourth-order valence-corrected chi connectivity index (χ4v) is 4.60. The number of rotatable bonds is 10. The molecule has 0 spiro atoms. The zero-order chi connectivity index (χ0) is 25.7. The second-order valence-corrected chi connectivity index (χ2v) is 9.75. The summed E-state index contributed by atoms with van der Waals surface area (Å²) in [6.45, 7) is 6.32. The van der Waals surface area contributed by atoms with E-state index in [0.29, 0.717) is 32.3 Å². The van der Waals surface area contributed by atoms with E-state index in [1.54, 1.807) is 0 Å². The van der Waals surface area contributed by atoms with Crippen LogP contribution in [0.4, 0.5) is 0 Å². The molecule has 2 N–H and O–H groups in total. The molecule has 1 saturated heterocycles. The van der Waals surface area contributed by atoms with Gasteiger partial charge in [-0.2, -0.15) is 5.10 Å². The van der Waals surface area contributed by atoms with E-state index >= 15 is 0 Å². The average Bonchev–Trinajstić information content (AvgIpc) is 3.52. The molecule has 4 aromatic rings. The maximum Gasteiger partial charge on any atom is 0.217 e. The molecule has 1 aliphatic heterocycles. The number of aliphatic hydroxyl groups is 1. The Kier molecular flexibility index (Phi) is 7.81. The first-order chi connectivity index (χ1) is 18.1. The number of nitrogens with one attached hydrogen (secondary N) is 1. The standard InChI is InChI=1S/C29H34N4O4/c1-21-16-22(2)33(32-21)14-9-15-35-18-29(17-34)19-36-28(37-20-29)27-30-25(23-10-5-3-6-11-23)26(31-27)24-12-7-4-8-13-24/h3-8,10-13,16,28,34H,9,14-15,17-20H2,1-2H3,(H,30,31). The summed E-state index contributed by atoms with van der Waals surface area (Å²) < 4.78 is 20.1. The van der Waals surface area contributed by atoms with Crippen molar-refractivity contribution >= 4 is 0 Å². The van der Waals surface area contributed by atoms with Crippen LogP contribution in [0.5, 0.6) is 0 Å². The van der Waals surface area contributed by atoms with Crippen molar-refractivity contribution in [2.75, 3.05) is 33.0 Å². The normalized spacial score (nSPS) is 19.8. The van der Waals surface area contributed by atoms with Gasteiger partial charge in [0.2, 0.25) is 6.29 Å². The maximum absolute atomic E-state index is 10.1. The SMILES string of the molecule is Cc1cc(C)n(CCCOCC2(CO)COC(c3nc(-c4ccccc4)c(-c4ccccc4)[nH]3)OC2)n1. The molecule has 0 atom stereocenters. The number of aromatic amines is 1. The molecule has 0 unspecified atom stereocenters. The largest absolute Gasteiger partial charge is 0.396 e. The number of benzene rings is 2. The van der Waals surface area contributed by atoms with E-state index in [1.807, 2.05) is 60.1 Å². The molecule has 37 heavy (non-hydrogen) atoms. The third kappa shape index (κ3) is 5.83. The van der Waals surface area contributed by atoms with Gasteiger partial charge in [-0.1, -0.05) is 60.7 Å². The van der Waals surface area contributed by atoms with E-state index in [2.05, 4.69) is 35.2 Å². The minimum atomic E-state index is -0.648. The molecule has 194 valence electrons. The Hall–Kier alpha value is -3.30. The van der Waals surface area contributed by atoms with Crippen molar-refractivity contribution in [1.29, 1.82) is 0 Å². The molecule has 2 aromatic carbocycles. The number of hydrogen-bond donors (Lipinski definition) is 2. The minimum absolute atomic E-state index is 0.0835. The van der Waals surface area contributed by atoms with Crippen LogP contribution in [0.25, 0.3) is 22.5 Å². The minimum Gasteiger partial charge on any atom is -0.396 e. The van der Waals surface area contributed by atoms with E-state index in [4.69, 9.17) is 19.2 Å². The molecule has 8 nitrogen and oxygen atoms in total. The van der Waals surface area contributed by atoms with E-state index < -0.39 is 11.7 Å². The number of ether oxygens (including phenoxy) is 3. The molecule has 0 radical (unpaired) electrons. The highest BCUT2D eigenvalue weighted by Crippen LogP contribution is 2.35. The van der Waals surface area contributed by atoms with Crippen molar-refractivity contribution in [3.63, 3.8) is 0 Å². The Morgan fingerprint density at radius 1 is 1.03 bits per heavy atom. The Morgan fingerprint density at radius 3 is 2.32 bits per heavy atom. The van der Waals surface area contributed by atoms with Gasteiger partial charge in [-0.25, -0.2) is 4.98 Å². The molecular weight excluding hydrogens is 468 g/mol. The van der Waals surface area contributed by atoms with Crippen LogP contribution in [0.2, 0.25) is 0 Å². The number of aromatic nitrogens is 4. The molecular formula is C29H34N4O4. The van der Waals surface area contributed by atoms with Gasteiger partial charge in [-0.15, -0.1) is 0 Å². The predicted octanol–water partition coefficient (Wildman–Crippen LogP) is 4.69. The first-order valence-electron chi connectivity index (χ1n) is 12.7. The van der Waals surface area contributed by atoms with E-state index in [9.17, 15) is 5.11 Å². The smallest absolute Gasteiger partial charge is 0.217 e. The molecule has 2 aromatic heterocycles. The average molecular weight is 503 g/mol. The maximum atomic E-state index is 10.1. The Labute approximate surface area is 217 Å². The van der Waals surface area contributed by atoms with E-state index in [1.165, 1.54) is 0 Å². The van der Waals surface area contributed by atoms with Crippen LogP contribution in [0, 0.1) is 19.3 Å². The molecule has 1 aliphatic rings. The highest BCUT2D eigenvalue weighted by Gasteiger charge is 2.38. The zero-order valence-electron chi connectivity index (χ0n) is 21.4. The van der Waals surface area contributed by atoms with Crippen LogP contribution in [0.1, 0.15) is 29.9 Å². The molecule has 0 bridgehead atoms.